The molecule has 2 amide bonds. The molecule has 0 spiro atoms. The number of halogens is 1. The molecule has 2 aromatic rings. The molecule has 0 fully saturated rings. The number of esters is 1. The number of carbonyl (C=O) groups is 4. The van der Waals surface area contributed by atoms with Gasteiger partial charge in [-0.1, -0.05) is 23.7 Å². The second kappa shape index (κ2) is 8.26. The number of ketones is 1. The SMILES string of the molecule is COC(=O)c1ccc(Cl)c(NC(=O)C(=O)Nc2cccc(C(C)=O)c2)c1. The van der Waals surface area contributed by atoms with Gasteiger partial charge in [-0.25, -0.2) is 4.79 Å². The van der Waals surface area contributed by atoms with Gasteiger partial charge in [-0.05, 0) is 37.3 Å². The van der Waals surface area contributed by atoms with Gasteiger partial charge in [0, 0.05) is 11.3 Å². The number of hydrogen-bond acceptors (Lipinski definition) is 5. The summed E-state index contributed by atoms with van der Waals surface area (Å²) < 4.78 is 4.59. The van der Waals surface area contributed by atoms with Crippen LogP contribution in [0.2, 0.25) is 5.02 Å². The highest BCUT2D eigenvalue weighted by Crippen LogP contribution is 2.23. The zero-order valence-corrected chi connectivity index (χ0v) is 14.7. The molecule has 0 bridgehead atoms. The Hall–Kier alpha value is -3.19. The first kappa shape index (κ1) is 19.1. The molecule has 26 heavy (non-hydrogen) atoms. The molecule has 0 saturated carbocycles. The molecule has 0 aliphatic rings. The molecule has 8 heteroatoms. The minimum absolute atomic E-state index is 0.0900. The van der Waals surface area contributed by atoms with Crippen molar-refractivity contribution in [3.05, 3.63) is 58.6 Å². The molecule has 7 nitrogen and oxygen atoms in total. The average Bonchev–Trinajstić information content (AvgIpc) is 2.62. The molecule has 2 aromatic carbocycles. The summed E-state index contributed by atoms with van der Waals surface area (Å²) in [5, 5.41) is 4.87. The maximum absolute atomic E-state index is 12.1. The van der Waals surface area contributed by atoms with Crippen LogP contribution in [-0.4, -0.2) is 30.7 Å². The van der Waals surface area contributed by atoms with Gasteiger partial charge < -0.3 is 15.4 Å². The van der Waals surface area contributed by atoms with Gasteiger partial charge in [0.1, 0.15) is 0 Å². The summed E-state index contributed by atoms with van der Waals surface area (Å²) in [5.41, 5.74) is 0.957. The normalized spacial score (nSPS) is 9.96. The fourth-order valence-electron chi connectivity index (χ4n) is 2.05. The zero-order valence-electron chi connectivity index (χ0n) is 14.0. The predicted octanol–water partition coefficient (Wildman–Crippen LogP) is 2.91. The van der Waals surface area contributed by atoms with Crippen LogP contribution in [0.3, 0.4) is 0 Å². The number of hydrogen-bond donors (Lipinski definition) is 2. The van der Waals surface area contributed by atoms with E-state index in [0.29, 0.717) is 11.3 Å². The van der Waals surface area contributed by atoms with Gasteiger partial charge >= 0.3 is 17.8 Å². The lowest BCUT2D eigenvalue weighted by molar-refractivity contribution is -0.132. The molecule has 2 rings (SSSR count). The second-order valence-electron chi connectivity index (χ2n) is 5.23. The van der Waals surface area contributed by atoms with E-state index in [4.69, 9.17) is 11.6 Å². The minimum atomic E-state index is -0.984. The Bertz CT molecular complexity index is 895. The van der Waals surface area contributed by atoms with E-state index in [0.717, 1.165) is 0 Å². The number of nitrogens with one attached hydrogen (secondary N) is 2. The van der Waals surface area contributed by atoms with Crippen LogP contribution in [0.4, 0.5) is 11.4 Å². The van der Waals surface area contributed by atoms with Crippen LogP contribution in [0.1, 0.15) is 27.6 Å². The van der Waals surface area contributed by atoms with E-state index in [9.17, 15) is 19.2 Å². The molecule has 134 valence electrons. The number of carbonyl (C=O) groups excluding carboxylic acids is 4. The quantitative estimate of drug-likeness (QED) is 0.486. The molecule has 0 atom stereocenters. The fourth-order valence-corrected chi connectivity index (χ4v) is 2.21. The molecule has 0 aliphatic carbocycles. The number of amides is 2. The van der Waals surface area contributed by atoms with Crippen LogP contribution >= 0.6 is 11.6 Å². The highest BCUT2D eigenvalue weighted by atomic mass is 35.5. The lowest BCUT2D eigenvalue weighted by Gasteiger charge is -2.09. The molecule has 0 heterocycles. The largest absolute Gasteiger partial charge is 0.465 e. The van der Waals surface area contributed by atoms with Crippen molar-refractivity contribution in [3.8, 4) is 0 Å². The summed E-state index contributed by atoms with van der Waals surface area (Å²) in [4.78, 5) is 47.0. The smallest absolute Gasteiger partial charge is 0.337 e. The van der Waals surface area contributed by atoms with Crippen LogP contribution in [-0.2, 0) is 14.3 Å². The first-order chi connectivity index (χ1) is 12.3. The Labute approximate surface area is 154 Å². The summed E-state index contributed by atoms with van der Waals surface area (Å²) in [5.74, 6) is -2.72. The Kier molecular flexibility index (Phi) is 6.08. The molecule has 0 unspecified atom stereocenters. The Balaban J connectivity index is 2.12. The summed E-state index contributed by atoms with van der Waals surface area (Å²) >= 11 is 5.97. The van der Waals surface area contributed by atoms with Crippen molar-refractivity contribution in [2.45, 2.75) is 6.92 Å². The van der Waals surface area contributed by atoms with Crippen molar-refractivity contribution in [3.63, 3.8) is 0 Å². The van der Waals surface area contributed by atoms with Crippen LogP contribution in [0.5, 0.6) is 0 Å². The number of ether oxygens (including phenoxy) is 1. The fraction of sp³-hybridized carbons (Fsp3) is 0.111. The van der Waals surface area contributed by atoms with Gasteiger partial charge in [0.15, 0.2) is 5.78 Å². The molecule has 0 radical (unpaired) electrons. The topological polar surface area (TPSA) is 102 Å². The average molecular weight is 375 g/mol. The van der Waals surface area contributed by atoms with E-state index in [1.165, 1.54) is 38.3 Å². The molecule has 0 saturated heterocycles. The van der Waals surface area contributed by atoms with Gasteiger partial charge in [-0.3, -0.25) is 14.4 Å². The number of anilines is 2. The van der Waals surface area contributed by atoms with Gasteiger partial charge in [0.2, 0.25) is 0 Å². The highest BCUT2D eigenvalue weighted by Gasteiger charge is 2.17. The number of Topliss-reactive ketones (excluding diaryl/α,β-unsaturated/α-hetero) is 1. The van der Waals surface area contributed by atoms with Gasteiger partial charge in [-0.15, -0.1) is 0 Å². The second-order valence-corrected chi connectivity index (χ2v) is 5.64. The van der Waals surface area contributed by atoms with Crippen LogP contribution in [0.25, 0.3) is 0 Å². The van der Waals surface area contributed by atoms with Gasteiger partial charge in [0.05, 0.1) is 23.4 Å². The van der Waals surface area contributed by atoms with E-state index < -0.39 is 17.8 Å². The van der Waals surface area contributed by atoms with Crippen molar-refractivity contribution in [1.29, 1.82) is 0 Å². The van der Waals surface area contributed by atoms with Crippen molar-refractivity contribution >= 4 is 46.5 Å². The Morgan fingerprint density at radius 2 is 1.62 bits per heavy atom. The molecule has 0 aromatic heterocycles. The highest BCUT2D eigenvalue weighted by molar-refractivity contribution is 6.44. The van der Waals surface area contributed by atoms with Crippen LogP contribution in [0, 0.1) is 0 Å². The first-order valence-electron chi connectivity index (χ1n) is 7.43. The molecular formula is C18H15ClN2O5. The Morgan fingerprint density at radius 3 is 2.27 bits per heavy atom. The van der Waals surface area contributed by atoms with Gasteiger partial charge in [0.25, 0.3) is 0 Å². The summed E-state index contributed by atoms with van der Waals surface area (Å²) in [6, 6.07) is 10.3. The van der Waals surface area contributed by atoms with Crippen molar-refractivity contribution in [2.24, 2.45) is 0 Å². The monoisotopic (exact) mass is 374 g/mol. The van der Waals surface area contributed by atoms with E-state index in [-0.39, 0.29) is 22.1 Å². The maximum Gasteiger partial charge on any atom is 0.337 e. The third-order valence-electron chi connectivity index (χ3n) is 3.37. The van der Waals surface area contributed by atoms with Crippen LogP contribution < -0.4 is 10.6 Å². The van der Waals surface area contributed by atoms with Crippen molar-refractivity contribution in [1.82, 2.24) is 0 Å². The van der Waals surface area contributed by atoms with Crippen molar-refractivity contribution in [2.75, 3.05) is 17.7 Å². The third-order valence-corrected chi connectivity index (χ3v) is 3.70. The third kappa shape index (κ3) is 4.67. The summed E-state index contributed by atoms with van der Waals surface area (Å²) in [6.07, 6.45) is 0. The lowest BCUT2D eigenvalue weighted by Crippen LogP contribution is -2.29. The van der Waals surface area contributed by atoms with Crippen molar-refractivity contribution < 1.29 is 23.9 Å². The minimum Gasteiger partial charge on any atom is -0.465 e. The van der Waals surface area contributed by atoms with Crippen LogP contribution in [0.15, 0.2) is 42.5 Å². The zero-order chi connectivity index (χ0) is 19.3. The number of methoxy groups -OCH3 is 1. The Morgan fingerprint density at radius 1 is 0.923 bits per heavy atom. The van der Waals surface area contributed by atoms with Gasteiger partial charge in [-0.2, -0.15) is 0 Å². The standard InChI is InChI=1S/C18H15ClN2O5/c1-10(22)11-4-3-5-13(8-11)20-16(23)17(24)21-15-9-12(18(25)26-2)6-7-14(15)19/h3-9H,1-2H3,(H,20,23)(H,21,24). The van der Waals surface area contributed by atoms with E-state index in [1.807, 2.05) is 0 Å². The molecule has 2 N–H and O–H groups in total. The summed E-state index contributed by atoms with van der Waals surface area (Å²) in [6.45, 7) is 1.39. The predicted molar refractivity (Wildman–Crippen MR) is 96.5 cm³/mol. The first-order valence-corrected chi connectivity index (χ1v) is 7.81. The molecule has 0 aliphatic heterocycles. The van der Waals surface area contributed by atoms with E-state index in [1.54, 1.807) is 18.2 Å². The summed E-state index contributed by atoms with van der Waals surface area (Å²) in [7, 11) is 1.22. The van der Waals surface area contributed by atoms with E-state index in [2.05, 4.69) is 15.4 Å². The number of rotatable bonds is 4. The lowest BCUT2D eigenvalue weighted by atomic mass is 10.1. The maximum atomic E-state index is 12.1. The number of benzene rings is 2. The van der Waals surface area contributed by atoms with E-state index >= 15 is 0 Å². The molecular weight excluding hydrogens is 360 g/mol.